The third-order valence-electron chi connectivity index (χ3n) is 3.92. The summed E-state index contributed by atoms with van der Waals surface area (Å²) in [4.78, 5) is 13.1. The van der Waals surface area contributed by atoms with E-state index in [1.54, 1.807) is 12.4 Å². The Hall–Kier alpha value is -1.81. The van der Waals surface area contributed by atoms with Crippen LogP contribution in [0.2, 0.25) is 5.15 Å². The molecule has 1 aromatic heterocycles. The molecule has 0 saturated carbocycles. The van der Waals surface area contributed by atoms with Gasteiger partial charge in [-0.05, 0) is 31.0 Å². The average Bonchev–Trinajstić information content (AvgIpc) is 2.50. The maximum Gasteiger partial charge on any atom is 0.171 e. The minimum atomic E-state index is 0.484. The summed E-state index contributed by atoms with van der Waals surface area (Å²) in [6, 6.07) is 6.62. The second kappa shape index (κ2) is 5.90. The second-order valence-corrected chi connectivity index (χ2v) is 5.79. The molecule has 0 atom stereocenters. The molecule has 5 heteroatoms. The highest BCUT2D eigenvalue weighted by molar-refractivity contribution is 6.31. The van der Waals surface area contributed by atoms with E-state index in [4.69, 9.17) is 11.6 Å². The van der Waals surface area contributed by atoms with Gasteiger partial charge in [-0.15, -0.1) is 0 Å². The number of benzene rings is 1. The van der Waals surface area contributed by atoms with Crippen LogP contribution in [-0.2, 0) is 0 Å². The van der Waals surface area contributed by atoms with Gasteiger partial charge in [0.1, 0.15) is 0 Å². The van der Waals surface area contributed by atoms with Gasteiger partial charge in [0, 0.05) is 44.3 Å². The Kier molecular flexibility index (Phi) is 3.97. The van der Waals surface area contributed by atoms with Gasteiger partial charge >= 0.3 is 0 Å². The lowest BCUT2D eigenvalue weighted by Gasteiger charge is -2.37. The number of halogens is 1. The molecule has 1 fully saturated rings. The van der Waals surface area contributed by atoms with Crippen molar-refractivity contribution in [2.45, 2.75) is 13.8 Å². The molecule has 0 spiro atoms. The smallest absolute Gasteiger partial charge is 0.171 e. The normalized spacial score (nSPS) is 15.4. The third-order valence-corrected chi connectivity index (χ3v) is 4.19. The van der Waals surface area contributed by atoms with Crippen LogP contribution in [0.5, 0.6) is 0 Å². The standard InChI is InChI=1S/C16H19ClN4/c1-12-3-4-13(2)14(11-12)20-7-9-21(10-8-20)16-15(17)18-5-6-19-16/h3-6,11H,7-10H2,1-2H3. The van der Waals surface area contributed by atoms with Crippen molar-refractivity contribution < 1.29 is 0 Å². The van der Waals surface area contributed by atoms with E-state index in [0.29, 0.717) is 5.15 Å². The van der Waals surface area contributed by atoms with Gasteiger partial charge in [0.05, 0.1) is 0 Å². The Morgan fingerprint density at radius 1 is 0.952 bits per heavy atom. The van der Waals surface area contributed by atoms with E-state index in [2.05, 4.69) is 51.8 Å². The molecule has 2 heterocycles. The first-order valence-electron chi connectivity index (χ1n) is 7.19. The van der Waals surface area contributed by atoms with Gasteiger partial charge in [0.2, 0.25) is 0 Å². The van der Waals surface area contributed by atoms with E-state index in [0.717, 1.165) is 32.0 Å². The molecule has 1 aliphatic heterocycles. The zero-order valence-corrected chi connectivity index (χ0v) is 13.1. The molecule has 0 radical (unpaired) electrons. The summed E-state index contributed by atoms with van der Waals surface area (Å²) in [5, 5.41) is 0.484. The number of hydrogen-bond donors (Lipinski definition) is 0. The number of nitrogens with zero attached hydrogens (tertiary/aromatic N) is 4. The molecule has 0 unspecified atom stereocenters. The fraction of sp³-hybridized carbons (Fsp3) is 0.375. The van der Waals surface area contributed by atoms with Gasteiger partial charge in [0.25, 0.3) is 0 Å². The fourth-order valence-corrected chi connectivity index (χ4v) is 2.97. The summed E-state index contributed by atoms with van der Waals surface area (Å²) in [6.07, 6.45) is 3.32. The molecule has 110 valence electrons. The van der Waals surface area contributed by atoms with Crippen LogP contribution >= 0.6 is 11.6 Å². The summed E-state index contributed by atoms with van der Waals surface area (Å²) >= 11 is 6.13. The zero-order valence-electron chi connectivity index (χ0n) is 12.4. The highest BCUT2D eigenvalue weighted by Gasteiger charge is 2.21. The molecule has 1 saturated heterocycles. The molecular weight excluding hydrogens is 284 g/mol. The lowest BCUT2D eigenvalue weighted by molar-refractivity contribution is 0.645. The zero-order chi connectivity index (χ0) is 14.8. The Bertz CT molecular complexity index is 636. The highest BCUT2D eigenvalue weighted by Crippen LogP contribution is 2.25. The van der Waals surface area contributed by atoms with Crippen molar-refractivity contribution in [3.63, 3.8) is 0 Å². The minimum Gasteiger partial charge on any atom is -0.368 e. The molecule has 2 aromatic rings. The van der Waals surface area contributed by atoms with E-state index in [-0.39, 0.29) is 0 Å². The topological polar surface area (TPSA) is 32.3 Å². The number of anilines is 2. The summed E-state index contributed by atoms with van der Waals surface area (Å²) in [5.41, 5.74) is 3.96. The van der Waals surface area contributed by atoms with E-state index >= 15 is 0 Å². The predicted molar refractivity (Wildman–Crippen MR) is 87.4 cm³/mol. The van der Waals surface area contributed by atoms with Crippen molar-refractivity contribution in [3.8, 4) is 0 Å². The predicted octanol–water partition coefficient (Wildman–Crippen LogP) is 3.07. The Balaban J connectivity index is 1.73. The fourth-order valence-electron chi connectivity index (χ4n) is 2.75. The van der Waals surface area contributed by atoms with Crippen molar-refractivity contribution >= 4 is 23.1 Å². The Morgan fingerprint density at radius 2 is 1.62 bits per heavy atom. The number of aromatic nitrogens is 2. The molecule has 0 bridgehead atoms. The van der Waals surface area contributed by atoms with Gasteiger partial charge in [-0.2, -0.15) is 0 Å². The molecule has 0 aliphatic carbocycles. The highest BCUT2D eigenvalue weighted by atomic mass is 35.5. The Labute approximate surface area is 130 Å². The van der Waals surface area contributed by atoms with Crippen LogP contribution in [0.1, 0.15) is 11.1 Å². The number of hydrogen-bond acceptors (Lipinski definition) is 4. The van der Waals surface area contributed by atoms with Crippen molar-refractivity contribution in [1.82, 2.24) is 9.97 Å². The molecule has 1 aromatic carbocycles. The minimum absolute atomic E-state index is 0.484. The van der Waals surface area contributed by atoms with E-state index in [1.807, 2.05) is 0 Å². The average molecular weight is 303 g/mol. The van der Waals surface area contributed by atoms with Crippen LogP contribution in [0.15, 0.2) is 30.6 Å². The van der Waals surface area contributed by atoms with Crippen LogP contribution in [0, 0.1) is 13.8 Å². The van der Waals surface area contributed by atoms with Crippen molar-refractivity contribution in [1.29, 1.82) is 0 Å². The number of rotatable bonds is 2. The lowest BCUT2D eigenvalue weighted by atomic mass is 10.1. The second-order valence-electron chi connectivity index (χ2n) is 5.43. The molecule has 4 nitrogen and oxygen atoms in total. The summed E-state index contributed by atoms with van der Waals surface area (Å²) in [5.74, 6) is 0.791. The molecule has 21 heavy (non-hydrogen) atoms. The summed E-state index contributed by atoms with van der Waals surface area (Å²) in [7, 11) is 0. The molecule has 0 amide bonds. The monoisotopic (exact) mass is 302 g/mol. The van der Waals surface area contributed by atoms with Gasteiger partial charge in [-0.3, -0.25) is 0 Å². The maximum atomic E-state index is 6.13. The van der Waals surface area contributed by atoms with Gasteiger partial charge < -0.3 is 9.80 Å². The van der Waals surface area contributed by atoms with E-state index in [9.17, 15) is 0 Å². The van der Waals surface area contributed by atoms with Crippen LogP contribution in [0.25, 0.3) is 0 Å². The van der Waals surface area contributed by atoms with Crippen LogP contribution in [-0.4, -0.2) is 36.1 Å². The number of aryl methyl sites for hydroxylation is 2. The molecular formula is C16H19ClN4. The van der Waals surface area contributed by atoms with Crippen LogP contribution in [0.4, 0.5) is 11.5 Å². The summed E-state index contributed by atoms with van der Waals surface area (Å²) in [6.45, 7) is 8.06. The van der Waals surface area contributed by atoms with Gasteiger partial charge in [-0.25, -0.2) is 9.97 Å². The largest absolute Gasteiger partial charge is 0.368 e. The molecule has 3 rings (SSSR count). The number of piperazine rings is 1. The maximum absolute atomic E-state index is 6.13. The third kappa shape index (κ3) is 2.95. The lowest BCUT2D eigenvalue weighted by Crippen LogP contribution is -2.47. The van der Waals surface area contributed by atoms with E-state index < -0.39 is 0 Å². The van der Waals surface area contributed by atoms with Gasteiger partial charge in [0.15, 0.2) is 11.0 Å². The Morgan fingerprint density at radius 3 is 2.33 bits per heavy atom. The quantitative estimate of drug-likeness (QED) is 0.853. The van der Waals surface area contributed by atoms with Crippen molar-refractivity contribution in [3.05, 3.63) is 46.9 Å². The summed E-state index contributed by atoms with van der Waals surface area (Å²) < 4.78 is 0. The van der Waals surface area contributed by atoms with E-state index in [1.165, 1.54) is 16.8 Å². The first-order valence-corrected chi connectivity index (χ1v) is 7.56. The van der Waals surface area contributed by atoms with Gasteiger partial charge in [-0.1, -0.05) is 23.7 Å². The first kappa shape index (κ1) is 14.1. The molecule has 1 aliphatic rings. The van der Waals surface area contributed by atoms with Crippen molar-refractivity contribution in [2.24, 2.45) is 0 Å². The van der Waals surface area contributed by atoms with Crippen LogP contribution in [0.3, 0.4) is 0 Å². The van der Waals surface area contributed by atoms with Crippen molar-refractivity contribution in [2.75, 3.05) is 36.0 Å². The SMILES string of the molecule is Cc1ccc(C)c(N2CCN(c3nccnc3Cl)CC2)c1. The first-order chi connectivity index (χ1) is 10.1. The molecule has 0 N–H and O–H groups in total. The van der Waals surface area contributed by atoms with Crippen LogP contribution < -0.4 is 9.80 Å².